The first-order valence-electron chi connectivity index (χ1n) is 39.7. The summed E-state index contributed by atoms with van der Waals surface area (Å²) in [4.78, 5) is 95.0. The Morgan fingerprint density at radius 2 is 0.765 bits per heavy atom. The summed E-state index contributed by atoms with van der Waals surface area (Å²) in [5, 5.41) is 38.5. The maximum absolute atomic E-state index is 12.6. The molecule has 598 valence electrons. The number of fused-ring (bicyclic) bond motifs is 12. The molecule has 7 amide bonds. The lowest BCUT2D eigenvalue weighted by Crippen LogP contribution is -2.40. The number of carboxylic acid groups (broad SMARTS) is 1. The van der Waals surface area contributed by atoms with Crippen LogP contribution in [-0.4, -0.2) is 129 Å². The van der Waals surface area contributed by atoms with E-state index in [0.29, 0.717) is 51.3 Å². The van der Waals surface area contributed by atoms with Crippen molar-refractivity contribution in [3.05, 3.63) is 274 Å². The fourth-order valence-electron chi connectivity index (χ4n) is 15.4. The minimum atomic E-state index is -1.06. The fourth-order valence-corrected chi connectivity index (χ4v) is 15.4. The summed E-state index contributed by atoms with van der Waals surface area (Å²) >= 11 is 0. The topological polar surface area (TPSA) is 311 Å². The fraction of sp³-hybridized carbons (Fsp3) is 0.323. The van der Waals surface area contributed by atoms with Gasteiger partial charge >= 0.3 is 36.4 Å². The van der Waals surface area contributed by atoms with Gasteiger partial charge < -0.3 is 65.9 Å². The van der Waals surface area contributed by atoms with Crippen molar-refractivity contribution in [3.63, 3.8) is 0 Å². The van der Waals surface area contributed by atoms with Crippen LogP contribution in [0, 0.1) is 18.8 Å². The molecule has 1 fully saturated rings. The van der Waals surface area contributed by atoms with Crippen LogP contribution in [0.5, 0.6) is 0 Å². The van der Waals surface area contributed by atoms with Crippen LogP contribution >= 0.6 is 0 Å². The number of hydrazone groups is 1. The highest BCUT2D eigenvalue weighted by Gasteiger charge is 2.35. The molecule has 0 heterocycles. The van der Waals surface area contributed by atoms with Crippen LogP contribution in [0.4, 0.5) is 24.0 Å². The highest BCUT2D eigenvalue weighted by atomic mass is 16.6. The van der Waals surface area contributed by atoms with Gasteiger partial charge in [0.05, 0.1) is 24.7 Å². The number of rotatable bonds is 26. The SMILES string of the molecule is CC[C@@H](/C=N/NC(=O)NCC1CCC(C(=O)NCc2ccc(C)cc2)CC1)NC(=O)OCC1c2ccccc2-c2ccccc21.CC[C@@H](C=O)NC(=O)OCC1c2ccccc2-c2ccccc21.CC[C@@H](CO)NC(=O)OCC1c2ccccc2-c2ccccc21.CC[C@H](NC(=O)OCC1c2ccccc2-c2ccccc21)C(=O)O. The number of aliphatic carboxylic acids is 1. The molecule has 0 spiro atoms. The second-order valence-electron chi connectivity index (χ2n) is 29.2. The van der Waals surface area contributed by atoms with E-state index < -0.39 is 54.5 Å². The van der Waals surface area contributed by atoms with E-state index in [-0.39, 0.29) is 68.0 Å². The van der Waals surface area contributed by atoms with Gasteiger partial charge in [0.25, 0.3) is 0 Å². The number of ether oxygens (including phenoxy) is 4. The molecule has 14 rings (SSSR count). The predicted molar refractivity (Wildman–Crippen MR) is 443 cm³/mol. The summed E-state index contributed by atoms with van der Waals surface area (Å²) in [7, 11) is 0. The Bertz CT molecular complexity index is 4680. The molecule has 5 aliphatic carbocycles. The standard InChI is InChI=1S/C36H43N5O4.C19H19NO4.C19H21NO3.C19H19NO3/c1-3-28(40-36(44)45-23-33-31-10-6-4-8-29(31)30-9-5-7-11-32(30)33)22-39-41-35(43)38-21-26-16-18-27(19-17-26)34(42)37-20-25-14-12-24(2)13-15-25;1-2-17(18(21)22)20-19(23)24-11-16-14-9-5-3-7-12(14)13-8-4-6-10-15(13)16;2*1-2-13(11-21)20-19(22)23-12-18-16-9-5-3-7-14(16)15-8-4-6-10-17(15)18/h4-15,22,26-28,33H,3,16-21,23H2,1-2H3,(H,37,42)(H,40,44)(H2,38,41,43);3-10,16-17H,2,11H2,1H3,(H,20,23)(H,21,22);3-10,13,18,21H,2,11-12H2,1H3,(H,20,22);3-11,13,18H,2,12H2,1H3,(H,20,22)/b39-22+;;;/t26?,27?,28-;17-;2*13-/m0000/s1. The molecular weight excluding hydrogens is 1450 g/mol. The average molecular weight is 1560 g/mol. The van der Waals surface area contributed by atoms with Crippen LogP contribution < -0.4 is 37.3 Å². The Kier molecular flexibility index (Phi) is 30.0. The number of carboxylic acids is 1. The third-order valence-corrected chi connectivity index (χ3v) is 21.8. The van der Waals surface area contributed by atoms with Gasteiger partial charge in [-0.15, -0.1) is 0 Å². The van der Waals surface area contributed by atoms with Crippen LogP contribution in [0.25, 0.3) is 44.5 Å². The van der Waals surface area contributed by atoms with Crippen molar-refractivity contribution < 1.29 is 67.5 Å². The van der Waals surface area contributed by atoms with Crippen molar-refractivity contribution in [2.75, 3.05) is 39.6 Å². The highest BCUT2D eigenvalue weighted by Crippen LogP contribution is 2.48. The molecule has 0 aliphatic heterocycles. The lowest BCUT2D eigenvalue weighted by molar-refractivity contribution is -0.139. The number of aldehydes is 1. The third-order valence-electron chi connectivity index (χ3n) is 21.8. The molecule has 5 aliphatic rings. The average Bonchev–Trinajstić information content (AvgIpc) is 1.64. The van der Waals surface area contributed by atoms with Crippen molar-refractivity contribution in [3.8, 4) is 44.5 Å². The van der Waals surface area contributed by atoms with E-state index in [1.807, 2.05) is 161 Å². The number of hydrogen-bond acceptors (Lipinski definition) is 14. The van der Waals surface area contributed by atoms with E-state index in [9.17, 15) is 38.4 Å². The Morgan fingerprint density at radius 1 is 0.426 bits per heavy atom. The maximum Gasteiger partial charge on any atom is 0.407 e. The second-order valence-corrected chi connectivity index (χ2v) is 29.2. The molecule has 22 nitrogen and oxygen atoms in total. The van der Waals surface area contributed by atoms with Crippen molar-refractivity contribution in [2.24, 2.45) is 16.9 Å². The number of benzene rings is 9. The van der Waals surface area contributed by atoms with Gasteiger partial charge in [0.2, 0.25) is 5.91 Å². The number of hydrogen-bond donors (Lipinski definition) is 9. The first kappa shape index (κ1) is 83.5. The number of amides is 7. The molecule has 115 heavy (non-hydrogen) atoms. The van der Waals surface area contributed by atoms with Crippen molar-refractivity contribution in [1.29, 1.82) is 0 Å². The molecule has 4 atom stereocenters. The number of nitrogens with one attached hydrogen (secondary N) is 7. The molecule has 0 bridgehead atoms. The van der Waals surface area contributed by atoms with Gasteiger partial charge in [-0.2, -0.15) is 5.10 Å². The molecule has 0 unspecified atom stereocenters. The number of carbonyl (C=O) groups is 8. The number of alkyl carbamates (subject to hydrolysis) is 4. The first-order chi connectivity index (χ1) is 56.0. The summed E-state index contributed by atoms with van der Waals surface area (Å²) in [6.07, 6.45) is 5.46. The van der Waals surface area contributed by atoms with E-state index in [1.54, 1.807) is 6.92 Å². The molecule has 22 heteroatoms. The van der Waals surface area contributed by atoms with Gasteiger partial charge in [0.1, 0.15) is 38.8 Å². The molecule has 0 aromatic heterocycles. The Hall–Kier alpha value is -12.4. The smallest absolute Gasteiger partial charge is 0.407 e. The number of aryl methyl sites for hydroxylation is 1. The molecular formula is C93H102N8O14. The monoisotopic (exact) mass is 1550 g/mol. The van der Waals surface area contributed by atoms with Gasteiger partial charge in [-0.1, -0.05) is 252 Å². The van der Waals surface area contributed by atoms with Crippen LogP contribution in [-0.2, 0) is 39.9 Å². The van der Waals surface area contributed by atoms with E-state index in [4.69, 9.17) is 29.2 Å². The Labute approximate surface area is 671 Å². The van der Waals surface area contributed by atoms with Gasteiger partial charge in [0, 0.05) is 48.9 Å². The van der Waals surface area contributed by atoms with Gasteiger partial charge in [-0.25, -0.2) is 34.2 Å². The molecule has 1 saturated carbocycles. The summed E-state index contributed by atoms with van der Waals surface area (Å²) in [5.74, 6) is -0.588. The zero-order valence-corrected chi connectivity index (χ0v) is 65.6. The zero-order valence-electron chi connectivity index (χ0n) is 65.6. The van der Waals surface area contributed by atoms with Gasteiger partial charge in [-0.05, 0) is 159 Å². The Morgan fingerprint density at radius 3 is 1.09 bits per heavy atom. The van der Waals surface area contributed by atoms with Gasteiger partial charge in [0.15, 0.2) is 0 Å². The number of aliphatic hydroxyl groups excluding tert-OH is 1. The van der Waals surface area contributed by atoms with Crippen molar-refractivity contribution >= 4 is 54.8 Å². The van der Waals surface area contributed by atoms with Crippen molar-refractivity contribution in [1.82, 2.24) is 37.3 Å². The first-order valence-corrected chi connectivity index (χ1v) is 39.7. The number of nitrogens with zero attached hydrogens (tertiary/aromatic N) is 1. The summed E-state index contributed by atoms with van der Waals surface area (Å²) in [5.41, 5.74) is 23.5. The third kappa shape index (κ3) is 21.7. The largest absolute Gasteiger partial charge is 0.480 e. The number of carbonyl (C=O) groups excluding carboxylic acids is 7. The summed E-state index contributed by atoms with van der Waals surface area (Å²) < 4.78 is 21.7. The number of aliphatic hydroxyl groups is 1. The lowest BCUT2D eigenvalue weighted by Gasteiger charge is -2.27. The van der Waals surface area contributed by atoms with E-state index in [0.717, 1.165) is 70.9 Å². The summed E-state index contributed by atoms with van der Waals surface area (Å²) in [6.45, 7) is 11.3. The highest BCUT2D eigenvalue weighted by molar-refractivity contribution is 5.85. The zero-order chi connectivity index (χ0) is 81.2. The quantitative estimate of drug-likeness (QED) is 0.0105. The van der Waals surface area contributed by atoms with Crippen LogP contribution in [0.2, 0.25) is 0 Å². The minimum absolute atomic E-state index is 0.0140. The summed E-state index contributed by atoms with van der Waals surface area (Å²) in [6, 6.07) is 71.0. The molecule has 9 aromatic carbocycles. The number of urea groups is 1. The molecule has 9 aromatic rings. The maximum atomic E-state index is 12.6. The van der Waals surface area contributed by atoms with Crippen molar-refractivity contribution in [2.45, 2.75) is 140 Å². The molecule has 0 radical (unpaired) electrons. The van der Waals surface area contributed by atoms with E-state index in [1.165, 1.54) is 67.4 Å². The molecule has 9 N–H and O–H groups in total. The normalized spacial score (nSPS) is 15.5. The molecule has 0 saturated heterocycles. The van der Waals surface area contributed by atoms with E-state index in [2.05, 4.69) is 127 Å². The van der Waals surface area contributed by atoms with Crippen LogP contribution in [0.3, 0.4) is 0 Å². The second kappa shape index (κ2) is 41.4. The van der Waals surface area contributed by atoms with E-state index >= 15 is 0 Å². The Balaban J connectivity index is 0.000000159. The minimum Gasteiger partial charge on any atom is -0.480 e. The van der Waals surface area contributed by atoms with Crippen LogP contribution in [0.1, 0.15) is 158 Å². The predicted octanol–water partition coefficient (Wildman–Crippen LogP) is 16.2. The lowest BCUT2D eigenvalue weighted by atomic mass is 9.81. The van der Waals surface area contributed by atoms with Gasteiger partial charge in [-0.3, -0.25) is 4.79 Å². The van der Waals surface area contributed by atoms with Crippen LogP contribution in [0.15, 0.2) is 223 Å².